The molecular weight excluding hydrogens is 390 g/mol. The first-order valence-electron chi connectivity index (χ1n) is 7.41. The molecule has 0 aliphatic carbocycles. The first kappa shape index (κ1) is 16.7. The van der Waals surface area contributed by atoms with Gasteiger partial charge in [0.15, 0.2) is 0 Å². The topological polar surface area (TPSA) is 46.9 Å². The molecule has 0 unspecified atom stereocenters. The lowest BCUT2D eigenvalue weighted by atomic mass is 10.1. The van der Waals surface area contributed by atoms with Crippen molar-refractivity contribution in [2.24, 2.45) is 0 Å². The number of halogens is 2. The number of benzene rings is 2. The number of aromatic nitrogens is 2. The van der Waals surface area contributed by atoms with Crippen LogP contribution in [0.25, 0.3) is 5.69 Å². The zero-order chi connectivity index (χ0) is 16.9. The van der Waals surface area contributed by atoms with Crippen molar-refractivity contribution in [3.05, 3.63) is 81.5 Å². The molecule has 3 aromatic rings. The molecule has 0 radical (unpaired) electrons. The lowest BCUT2D eigenvalue weighted by Gasteiger charge is -2.05. The fraction of sp³-hybridized carbons (Fsp3) is 0.111. The summed E-state index contributed by atoms with van der Waals surface area (Å²) in [6.07, 6.45) is 3.97. The molecule has 3 rings (SSSR count). The average molecular weight is 405 g/mol. The third-order valence-electron chi connectivity index (χ3n) is 3.53. The normalized spacial score (nSPS) is 10.6. The van der Waals surface area contributed by atoms with Crippen LogP contribution in [0.4, 0.5) is 0 Å². The van der Waals surface area contributed by atoms with E-state index in [0.717, 1.165) is 21.3 Å². The number of nitrogens with one attached hydrogen (secondary N) is 1. The number of carbonyl (C=O) groups is 1. The zero-order valence-electron chi connectivity index (χ0n) is 12.7. The third-order valence-corrected chi connectivity index (χ3v) is 4.55. The summed E-state index contributed by atoms with van der Waals surface area (Å²) in [5, 5.41) is 7.91. The highest BCUT2D eigenvalue weighted by Crippen LogP contribution is 2.16. The summed E-state index contributed by atoms with van der Waals surface area (Å²) in [5.74, 6) is -0.0267. The van der Waals surface area contributed by atoms with E-state index in [1.54, 1.807) is 10.9 Å². The van der Waals surface area contributed by atoms with Gasteiger partial charge in [-0.2, -0.15) is 5.10 Å². The first-order valence-corrected chi connectivity index (χ1v) is 8.58. The summed E-state index contributed by atoms with van der Waals surface area (Å²) in [7, 11) is 0. The molecule has 0 bridgehead atoms. The number of hydrogen-bond donors (Lipinski definition) is 1. The van der Waals surface area contributed by atoms with Gasteiger partial charge in [0.05, 0.1) is 18.3 Å². The molecule has 6 heteroatoms. The van der Waals surface area contributed by atoms with E-state index in [1.165, 1.54) is 0 Å². The van der Waals surface area contributed by atoms with E-state index >= 15 is 0 Å². The minimum absolute atomic E-state index is 0.0267. The van der Waals surface area contributed by atoms with E-state index in [0.29, 0.717) is 18.0 Å². The molecule has 1 amide bonds. The Morgan fingerprint density at radius 2 is 1.92 bits per heavy atom. The number of amides is 1. The number of rotatable bonds is 5. The minimum atomic E-state index is -0.0267. The second kappa shape index (κ2) is 7.64. The Hall–Kier alpha value is -2.11. The van der Waals surface area contributed by atoms with Crippen LogP contribution >= 0.6 is 27.5 Å². The van der Waals surface area contributed by atoms with Crippen LogP contribution in [-0.4, -0.2) is 15.7 Å². The zero-order valence-corrected chi connectivity index (χ0v) is 15.1. The fourth-order valence-electron chi connectivity index (χ4n) is 2.26. The largest absolute Gasteiger partial charge is 0.352 e. The smallest absolute Gasteiger partial charge is 0.224 e. The van der Waals surface area contributed by atoms with Crippen LogP contribution in [0.2, 0.25) is 5.02 Å². The van der Waals surface area contributed by atoms with Gasteiger partial charge < -0.3 is 5.32 Å². The van der Waals surface area contributed by atoms with Gasteiger partial charge in [-0.05, 0) is 35.9 Å². The monoisotopic (exact) mass is 403 g/mol. The summed E-state index contributed by atoms with van der Waals surface area (Å²) in [6.45, 7) is 0.441. The summed E-state index contributed by atoms with van der Waals surface area (Å²) < 4.78 is 2.70. The van der Waals surface area contributed by atoms with Crippen LogP contribution in [0, 0.1) is 0 Å². The molecular formula is C18H15BrClN3O. The molecule has 2 aromatic carbocycles. The predicted molar refractivity (Wildman–Crippen MR) is 98.3 cm³/mol. The first-order chi connectivity index (χ1) is 11.6. The van der Waals surface area contributed by atoms with Gasteiger partial charge in [-0.25, -0.2) is 4.68 Å². The maximum atomic E-state index is 12.1. The van der Waals surface area contributed by atoms with E-state index < -0.39 is 0 Å². The lowest BCUT2D eigenvalue weighted by molar-refractivity contribution is -0.120. The van der Waals surface area contributed by atoms with Crippen molar-refractivity contribution in [1.29, 1.82) is 0 Å². The molecule has 0 saturated heterocycles. The van der Waals surface area contributed by atoms with Crippen molar-refractivity contribution in [3.8, 4) is 5.69 Å². The van der Waals surface area contributed by atoms with Crippen LogP contribution in [0.3, 0.4) is 0 Å². The molecule has 1 aromatic heterocycles. The quantitative estimate of drug-likeness (QED) is 0.694. The van der Waals surface area contributed by atoms with Gasteiger partial charge in [0.2, 0.25) is 5.91 Å². The van der Waals surface area contributed by atoms with Gasteiger partial charge in [0.1, 0.15) is 0 Å². The molecule has 122 valence electrons. The molecule has 4 nitrogen and oxygen atoms in total. The van der Waals surface area contributed by atoms with Crippen molar-refractivity contribution in [2.45, 2.75) is 13.0 Å². The number of hydrogen-bond acceptors (Lipinski definition) is 2. The van der Waals surface area contributed by atoms with Crippen LogP contribution in [0.1, 0.15) is 11.1 Å². The maximum Gasteiger partial charge on any atom is 0.224 e. The number of nitrogens with zero attached hydrogens (tertiary/aromatic N) is 2. The Labute approximate surface area is 153 Å². The van der Waals surface area contributed by atoms with Crippen molar-refractivity contribution < 1.29 is 4.79 Å². The molecule has 0 aliphatic rings. The summed E-state index contributed by atoms with van der Waals surface area (Å²) in [5.41, 5.74) is 2.82. The Bertz CT molecular complexity index is 845. The van der Waals surface area contributed by atoms with Crippen molar-refractivity contribution in [1.82, 2.24) is 15.1 Å². The Morgan fingerprint density at radius 3 is 2.67 bits per heavy atom. The molecule has 0 fully saturated rings. The highest BCUT2D eigenvalue weighted by molar-refractivity contribution is 9.10. The number of carbonyl (C=O) groups excluding carboxylic acids is 1. The van der Waals surface area contributed by atoms with Crippen molar-refractivity contribution in [2.75, 3.05) is 0 Å². The van der Waals surface area contributed by atoms with Gasteiger partial charge in [-0.3, -0.25) is 4.79 Å². The molecule has 1 heterocycles. The van der Waals surface area contributed by atoms with Crippen LogP contribution < -0.4 is 5.32 Å². The second-order valence-electron chi connectivity index (χ2n) is 5.31. The predicted octanol–water partition coefficient (Wildman–Crippen LogP) is 4.15. The second-order valence-corrected chi connectivity index (χ2v) is 6.61. The van der Waals surface area contributed by atoms with E-state index in [9.17, 15) is 4.79 Å². The molecule has 0 atom stereocenters. The summed E-state index contributed by atoms with van der Waals surface area (Å²) in [6, 6.07) is 15.1. The Kier molecular flexibility index (Phi) is 5.33. The van der Waals surface area contributed by atoms with Crippen molar-refractivity contribution in [3.63, 3.8) is 0 Å². The van der Waals surface area contributed by atoms with Crippen LogP contribution in [0.15, 0.2) is 65.4 Å². The highest BCUT2D eigenvalue weighted by atomic mass is 79.9. The van der Waals surface area contributed by atoms with Gasteiger partial charge in [-0.15, -0.1) is 0 Å². The SMILES string of the molecule is O=C(Cc1ccccc1Br)NCc1cnn(-c2ccc(Cl)cc2)c1. The van der Waals surface area contributed by atoms with Gasteiger partial charge in [-0.1, -0.05) is 45.7 Å². The maximum absolute atomic E-state index is 12.1. The highest BCUT2D eigenvalue weighted by Gasteiger charge is 2.07. The van der Waals surface area contributed by atoms with Crippen LogP contribution in [-0.2, 0) is 17.8 Å². The molecule has 0 spiro atoms. The summed E-state index contributed by atoms with van der Waals surface area (Å²) >= 11 is 9.34. The van der Waals surface area contributed by atoms with Crippen molar-refractivity contribution >= 4 is 33.4 Å². The average Bonchev–Trinajstić information content (AvgIpc) is 3.05. The summed E-state index contributed by atoms with van der Waals surface area (Å²) in [4.78, 5) is 12.1. The van der Waals surface area contributed by atoms with Gasteiger partial charge in [0, 0.05) is 27.8 Å². The van der Waals surface area contributed by atoms with E-state index in [-0.39, 0.29) is 5.91 Å². The fourth-order valence-corrected chi connectivity index (χ4v) is 2.82. The van der Waals surface area contributed by atoms with Crippen LogP contribution in [0.5, 0.6) is 0 Å². The Morgan fingerprint density at radius 1 is 1.17 bits per heavy atom. The van der Waals surface area contributed by atoms with Gasteiger partial charge in [0.25, 0.3) is 0 Å². The molecule has 24 heavy (non-hydrogen) atoms. The molecule has 0 saturated carbocycles. The lowest BCUT2D eigenvalue weighted by Crippen LogP contribution is -2.24. The molecule has 1 N–H and O–H groups in total. The van der Waals surface area contributed by atoms with E-state index in [2.05, 4.69) is 26.3 Å². The molecule has 0 aliphatic heterocycles. The Balaban J connectivity index is 1.58. The standard InChI is InChI=1S/C18H15BrClN3O/c19-17-4-2-1-3-14(17)9-18(24)21-10-13-11-22-23(12-13)16-7-5-15(20)6-8-16/h1-8,11-12H,9-10H2,(H,21,24). The van der Waals surface area contributed by atoms with Gasteiger partial charge >= 0.3 is 0 Å². The van der Waals surface area contributed by atoms with E-state index in [4.69, 9.17) is 11.6 Å². The third kappa shape index (κ3) is 4.24. The minimum Gasteiger partial charge on any atom is -0.352 e. The van der Waals surface area contributed by atoms with E-state index in [1.807, 2.05) is 54.7 Å².